The second-order valence-electron chi connectivity index (χ2n) is 6.42. The van der Waals surface area contributed by atoms with Crippen molar-refractivity contribution in [2.75, 3.05) is 6.54 Å². The predicted octanol–water partition coefficient (Wildman–Crippen LogP) is 1.89. The minimum atomic E-state index is -0.607. The predicted molar refractivity (Wildman–Crippen MR) is 91.5 cm³/mol. The average molecular weight is 345 g/mol. The van der Waals surface area contributed by atoms with Gasteiger partial charge in [0.2, 0.25) is 5.82 Å². The Hall–Kier alpha value is -2.06. The number of amides is 1. The summed E-state index contributed by atoms with van der Waals surface area (Å²) in [7, 11) is 0. The summed E-state index contributed by atoms with van der Waals surface area (Å²) in [5.74, 6) is 0.193. The van der Waals surface area contributed by atoms with Crippen LogP contribution in [0.15, 0.2) is 6.33 Å². The Kier molecular flexibility index (Phi) is 3.73. The van der Waals surface area contributed by atoms with Crippen LogP contribution in [-0.4, -0.2) is 43.2 Å². The second kappa shape index (κ2) is 5.78. The standard InChI is InChI=1S/C16H19N5O2S/c1-8-4-3-5-10-11(8)12-14-19-13(15(23)17-6-9(2)22)20-21(14)7-18-16(12)24-10/h7-9,22H,3-6H2,1-2H3,(H,17,23)/t8-,9-/m0/s1. The number of hydrogen-bond acceptors (Lipinski definition) is 6. The number of aliphatic hydroxyl groups excluding tert-OH is 1. The first-order valence-corrected chi connectivity index (χ1v) is 8.99. The number of carbonyl (C=O) groups excluding carboxylic acids is 1. The Labute approximate surface area is 142 Å². The molecule has 0 radical (unpaired) electrons. The van der Waals surface area contributed by atoms with Crippen LogP contribution in [0.4, 0.5) is 0 Å². The van der Waals surface area contributed by atoms with Gasteiger partial charge in [-0.25, -0.2) is 14.5 Å². The van der Waals surface area contributed by atoms with Crippen LogP contribution in [0.5, 0.6) is 0 Å². The fraction of sp³-hybridized carbons (Fsp3) is 0.500. The van der Waals surface area contributed by atoms with Gasteiger partial charge in [0.15, 0.2) is 5.65 Å². The van der Waals surface area contributed by atoms with Gasteiger partial charge < -0.3 is 10.4 Å². The first-order valence-electron chi connectivity index (χ1n) is 8.17. The fourth-order valence-corrected chi connectivity index (χ4v) is 4.60. The highest BCUT2D eigenvalue weighted by Gasteiger charge is 2.25. The van der Waals surface area contributed by atoms with Crippen LogP contribution in [0.3, 0.4) is 0 Å². The summed E-state index contributed by atoms with van der Waals surface area (Å²) in [6.07, 6.45) is 4.46. The SMILES string of the molecule is C[C@H](O)CNC(=O)c1nc2c3c4c(sc3ncn2n1)CCC[C@@H]4C. The molecule has 3 heterocycles. The highest BCUT2D eigenvalue weighted by atomic mass is 32.1. The molecule has 1 aliphatic carbocycles. The van der Waals surface area contributed by atoms with Crippen molar-refractivity contribution in [3.8, 4) is 0 Å². The number of aryl methyl sites for hydroxylation is 1. The highest BCUT2D eigenvalue weighted by Crippen LogP contribution is 2.42. The molecule has 8 heteroatoms. The van der Waals surface area contributed by atoms with Gasteiger partial charge in [-0.05, 0) is 37.7 Å². The van der Waals surface area contributed by atoms with E-state index in [1.807, 2.05) is 0 Å². The average Bonchev–Trinajstić information content (AvgIpc) is 3.13. The summed E-state index contributed by atoms with van der Waals surface area (Å²) in [6, 6.07) is 0. The third-order valence-corrected chi connectivity index (χ3v) is 5.61. The minimum Gasteiger partial charge on any atom is -0.392 e. The van der Waals surface area contributed by atoms with Gasteiger partial charge in [0.05, 0.1) is 11.5 Å². The van der Waals surface area contributed by atoms with Crippen LogP contribution >= 0.6 is 11.3 Å². The highest BCUT2D eigenvalue weighted by molar-refractivity contribution is 7.19. The normalized spacial score (nSPS) is 18.7. The van der Waals surface area contributed by atoms with E-state index < -0.39 is 6.10 Å². The van der Waals surface area contributed by atoms with E-state index in [0.29, 0.717) is 11.6 Å². The van der Waals surface area contributed by atoms with Crippen LogP contribution in [0.2, 0.25) is 0 Å². The Morgan fingerprint density at radius 2 is 2.42 bits per heavy atom. The van der Waals surface area contributed by atoms with E-state index in [2.05, 4.69) is 27.3 Å². The summed E-state index contributed by atoms with van der Waals surface area (Å²) in [5, 5.41) is 17.2. The lowest BCUT2D eigenvalue weighted by molar-refractivity contribution is 0.0914. The first kappa shape index (κ1) is 15.5. The van der Waals surface area contributed by atoms with Crippen molar-refractivity contribution in [3.63, 3.8) is 0 Å². The monoisotopic (exact) mass is 345 g/mol. The third-order valence-electron chi connectivity index (χ3n) is 4.44. The maximum atomic E-state index is 12.2. The molecule has 0 aliphatic heterocycles. The molecule has 0 saturated carbocycles. The van der Waals surface area contributed by atoms with Gasteiger partial charge in [-0.2, -0.15) is 0 Å². The molecule has 2 N–H and O–H groups in total. The van der Waals surface area contributed by atoms with Crippen molar-refractivity contribution in [2.45, 2.75) is 45.1 Å². The molecule has 0 aromatic carbocycles. The molecule has 2 atom stereocenters. The largest absolute Gasteiger partial charge is 0.392 e. The van der Waals surface area contributed by atoms with E-state index in [1.54, 1.807) is 29.1 Å². The number of fused-ring (bicyclic) bond motifs is 5. The Balaban J connectivity index is 1.83. The molecule has 0 spiro atoms. The van der Waals surface area contributed by atoms with E-state index in [4.69, 9.17) is 0 Å². The van der Waals surface area contributed by atoms with Crippen molar-refractivity contribution in [3.05, 3.63) is 22.6 Å². The van der Waals surface area contributed by atoms with Crippen LogP contribution in [0.25, 0.3) is 15.9 Å². The quantitative estimate of drug-likeness (QED) is 0.756. The van der Waals surface area contributed by atoms with Crippen molar-refractivity contribution < 1.29 is 9.90 Å². The van der Waals surface area contributed by atoms with Gasteiger partial charge in [0.1, 0.15) is 11.2 Å². The van der Waals surface area contributed by atoms with E-state index >= 15 is 0 Å². The number of thiophene rings is 1. The number of nitrogens with one attached hydrogen (secondary N) is 1. The second-order valence-corrected chi connectivity index (χ2v) is 7.50. The molecule has 1 amide bonds. The topological polar surface area (TPSA) is 92.4 Å². The summed E-state index contributed by atoms with van der Waals surface area (Å²) in [6.45, 7) is 4.02. The lowest BCUT2D eigenvalue weighted by atomic mass is 9.87. The Bertz CT molecular complexity index is 929. The molecule has 3 aromatic heterocycles. The summed E-state index contributed by atoms with van der Waals surface area (Å²) >= 11 is 1.72. The number of nitrogens with zero attached hydrogens (tertiary/aromatic N) is 4. The van der Waals surface area contributed by atoms with E-state index in [9.17, 15) is 9.90 Å². The van der Waals surface area contributed by atoms with Crippen LogP contribution in [0, 0.1) is 0 Å². The number of aromatic nitrogens is 4. The molecule has 7 nitrogen and oxygen atoms in total. The molecule has 0 bridgehead atoms. The number of hydrogen-bond donors (Lipinski definition) is 2. The van der Waals surface area contributed by atoms with Crippen molar-refractivity contribution in [1.29, 1.82) is 0 Å². The smallest absolute Gasteiger partial charge is 0.291 e. The van der Waals surface area contributed by atoms with Crippen LogP contribution in [-0.2, 0) is 6.42 Å². The van der Waals surface area contributed by atoms with E-state index in [-0.39, 0.29) is 18.3 Å². The van der Waals surface area contributed by atoms with E-state index in [1.165, 1.54) is 16.9 Å². The summed E-state index contributed by atoms with van der Waals surface area (Å²) in [5.41, 5.74) is 2.01. The molecule has 0 unspecified atom stereocenters. The first-order chi connectivity index (χ1) is 11.5. The molecule has 24 heavy (non-hydrogen) atoms. The summed E-state index contributed by atoms with van der Waals surface area (Å²) in [4.78, 5) is 23.5. The minimum absolute atomic E-state index is 0.105. The molecular formula is C16H19N5O2S. The van der Waals surface area contributed by atoms with E-state index in [0.717, 1.165) is 23.1 Å². The molecule has 0 fully saturated rings. The third kappa shape index (κ3) is 2.46. The summed E-state index contributed by atoms with van der Waals surface area (Å²) < 4.78 is 1.58. The van der Waals surface area contributed by atoms with Gasteiger partial charge >= 0.3 is 0 Å². The molecule has 4 rings (SSSR count). The maximum absolute atomic E-state index is 12.2. The number of aliphatic hydroxyl groups is 1. The lowest BCUT2D eigenvalue weighted by Crippen LogP contribution is -2.31. The van der Waals surface area contributed by atoms with Crippen LogP contribution < -0.4 is 5.32 Å². The van der Waals surface area contributed by atoms with Gasteiger partial charge in [-0.1, -0.05) is 6.92 Å². The molecule has 3 aromatic rings. The fourth-order valence-electron chi connectivity index (χ4n) is 3.30. The Morgan fingerprint density at radius 1 is 1.58 bits per heavy atom. The zero-order chi connectivity index (χ0) is 16.8. The molecular weight excluding hydrogens is 326 g/mol. The number of carbonyl (C=O) groups is 1. The lowest BCUT2D eigenvalue weighted by Gasteiger charge is -2.18. The maximum Gasteiger partial charge on any atom is 0.291 e. The zero-order valence-electron chi connectivity index (χ0n) is 13.6. The molecule has 126 valence electrons. The van der Waals surface area contributed by atoms with Gasteiger partial charge in [0.25, 0.3) is 5.91 Å². The zero-order valence-corrected chi connectivity index (χ0v) is 14.4. The number of rotatable bonds is 3. The molecule has 0 saturated heterocycles. The van der Waals surface area contributed by atoms with Gasteiger partial charge in [0, 0.05) is 11.4 Å². The van der Waals surface area contributed by atoms with Gasteiger partial charge in [-0.15, -0.1) is 16.4 Å². The van der Waals surface area contributed by atoms with Crippen molar-refractivity contribution >= 4 is 33.1 Å². The van der Waals surface area contributed by atoms with Crippen molar-refractivity contribution in [2.24, 2.45) is 0 Å². The molecule has 1 aliphatic rings. The van der Waals surface area contributed by atoms with Crippen molar-refractivity contribution in [1.82, 2.24) is 24.9 Å². The van der Waals surface area contributed by atoms with Crippen LogP contribution in [0.1, 0.15) is 53.7 Å². The van der Waals surface area contributed by atoms with Gasteiger partial charge in [-0.3, -0.25) is 4.79 Å². The Morgan fingerprint density at radius 3 is 3.21 bits per heavy atom.